The van der Waals surface area contributed by atoms with Crippen LogP contribution in [0, 0.1) is 11.7 Å². The van der Waals surface area contributed by atoms with Crippen LogP contribution in [-0.4, -0.2) is 86.7 Å². The van der Waals surface area contributed by atoms with E-state index in [9.17, 15) is 9.18 Å². The first kappa shape index (κ1) is 21.2. The number of benzene rings is 1. The molecule has 0 saturated carbocycles. The molecule has 5 nitrogen and oxygen atoms in total. The number of hydrogen-bond donors (Lipinski definition) is 0. The van der Waals surface area contributed by atoms with Crippen molar-refractivity contribution in [3.05, 3.63) is 35.6 Å². The number of morpholine rings is 1. The number of rotatable bonds is 8. The number of ether oxygens (including phenoxy) is 1. The Bertz CT molecular complexity index is 622. The van der Waals surface area contributed by atoms with Crippen LogP contribution in [0.2, 0.25) is 0 Å². The number of carbonyl (C=O) groups excluding carboxylic acids is 1. The van der Waals surface area contributed by atoms with Gasteiger partial charge < -0.3 is 14.5 Å². The molecule has 2 heterocycles. The summed E-state index contributed by atoms with van der Waals surface area (Å²) in [6.45, 7) is 7.99. The minimum atomic E-state index is -0.110. The molecule has 1 unspecified atom stereocenters. The molecular weight excluding hydrogens is 357 g/mol. The normalized spacial score (nSPS) is 21.6. The number of likely N-dealkylation sites (tertiary alicyclic amines) is 1. The van der Waals surface area contributed by atoms with Gasteiger partial charge in [0.05, 0.1) is 13.2 Å². The van der Waals surface area contributed by atoms with Gasteiger partial charge in [0.25, 0.3) is 0 Å². The maximum Gasteiger partial charge on any atom is 0.223 e. The SMILES string of the molecule is CN(CC1CCCN(CCc2ccccc2F)C1)C(=O)CCN1CCOCC1. The zero-order chi connectivity index (χ0) is 19.8. The first-order valence-electron chi connectivity index (χ1n) is 10.6. The van der Waals surface area contributed by atoms with Crippen molar-refractivity contribution in [2.75, 3.05) is 66.1 Å². The third-order valence-electron chi connectivity index (χ3n) is 5.96. The molecular formula is C22H34FN3O2. The van der Waals surface area contributed by atoms with E-state index < -0.39 is 0 Å². The van der Waals surface area contributed by atoms with Crippen molar-refractivity contribution >= 4 is 5.91 Å². The van der Waals surface area contributed by atoms with Crippen LogP contribution < -0.4 is 0 Å². The molecule has 0 aromatic heterocycles. The summed E-state index contributed by atoms with van der Waals surface area (Å²) in [7, 11) is 1.93. The lowest BCUT2D eigenvalue weighted by molar-refractivity contribution is -0.131. The molecule has 1 aromatic carbocycles. The zero-order valence-electron chi connectivity index (χ0n) is 17.1. The first-order valence-corrected chi connectivity index (χ1v) is 10.6. The third kappa shape index (κ3) is 6.54. The van der Waals surface area contributed by atoms with Gasteiger partial charge in [-0.3, -0.25) is 9.69 Å². The lowest BCUT2D eigenvalue weighted by Crippen LogP contribution is -2.43. The molecule has 156 valence electrons. The van der Waals surface area contributed by atoms with Crippen LogP contribution in [0.25, 0.3) is 0 Å². The smallest absolute Gasteiger partial charge is 0.223 e. The van der Waals surface area contributed by atoms with E-state index in [2.05, 4.69) is 9.80 Å². The Morgan fingerprint density at radius 1 is 1.18 bits per heavy atom. The highest BCUT2D eigenvalue weighted by Crippen LogP contribution is 2.18. The number of amides is 1. The molecule has 1 amide bonds. The van der Waals surface area contributed by atoms with Crippen molar-refractivity contribution in [1.82, 2.24) is 14.7 Å². The van der Waals surface area contributed by atoms with Crippen molar-refractivity contribution in [1.29, 1.82) is 0 Å². The van der Waals surface area contributed by atoms with E-state index in [-0.39, 0.29) is 11.7 Å². The monoisotopic (exact) mass is 391 g/mol. The zero-order valence-corrected chi connectivity index (χ0v) is 17.1. The number of nitrogens with zero attached hydrogens (tertiary/aromatic N) is 3. The highest BCUT2D eigenvalue weighted by atomic mass is 19.1. The van der Waals surface area contributed by atoms with Crippen molar-refractivity contribution in [3.63, 3.8) is 0 Å². The van der Waals surface area contributed by atoms with Crippen LogP contribution in [0.15, 0.2) is 24.3 Å². The van der Waals surface area contributed by atoms with Gasteiger partial charge in [0.1, 0.15) is 5.82 Å². The fraction of sp³-hybridized carbons (Fsp3) is 0.682. The number of carbonyl (C=O) groups is 1. The fourth-order valence-corrected chi connectivity index (χ4v) is 4.24. The highest BCUT2D eigenvalue weighted by Gasteiger charge is 2.23. The summed E-state index contributed by atoms with van der Waals surface area (Å²) >= 11 is 0. The predicted octanol–water partition coefficient (Wildman–Crippen LogP) is 2.26. The molecule has 0 aliphatic carbocycles. The van der Waals surface area contributed by atoms with Gasteiger partial charge in [0.2, 0.25) is 5.91 Å². The van der Waals surface area contributed by atoms with Gasteiger partial charge >= 0.3 is 0 Å². The van der Waals surface area contributed by atoms with Crippen molar-refractivity contribution in [2.24, 2.45) is 5.92 Å². The van der Waals surface area contributed by atoms with Gasteiger partial charge in [0, 0.05) is 52.7 Å². The molecule has 1 atom stereocenters. The minimum absolute atomic E-state index is 0.110. The minimum Gasteiger partial charge on any atom is -0.379 e. The summed E-state index contributed by atoms with van der Waals surface area (Å²) in [6.07, 6.45) is 3.64. The fourth-order valence-electron chi connectivity index (χ4n) is 4.24. The van der Waals surface area contributed by atoms with Gasteiger partial charge in [-0.1, -0.05) is 18.2 Å². The quantitative estimate of drug-likeness (QED) is 0.681. The Kier molecular flexibility index (Phi) is 8.25. The molecule has 0 spiro atoms. The maximum absolute atomic E-state index is 13.8. The van der Waals surface area contributed by atoms with Gasteiger partial charge in [0.15, 0.2) is 0 Å². The van der Waals surface area contributed by atoms with Gasteiger partial charge in [-0.2, -0.15) is 0 Å². The second-order valence-corrected chi connectivity index (χ2v) is 8.13. The standard InChI is InChI=1S/C22H34FN3O2/c1-24(22(27)9-12-25-13-15-28-16-14-25)17-19-5-4-10-26(18-19)11-8-20-6-2-3-7-21(20)23/h2-3,6-7,19H,4-5,8-18H2,1H3. The largest absolute Gasteiger partial charge is 0.379 e. The lowest BCUT2D eigenvalue weighted by atomic mass is 9.97. The Balaban J connectivity index is 1.38. The molecule has 1 aromatic rings. The predicted molar refractivity (Wildman–Crippen MR) is 109 cm³/mol. The summed E-state index contributed by atoms with van der Waals surface area (Å²) in [5.74, 6) is 0.628. The van der Waals surface area contributed by atoms with E-state index in [4.69, 9.17) is 4.74 Å². The first-order chi connectivity index (χ1) is 13.6. The lowest BCUT2D eigenvalue weighted by Gasteiger charge is -2.35. The Hall–Kier alpha value is -1.50. The number of halogens is 1. The summed E-state index contributed by atoms with van der Waals surface area (Å²) in [6, 6.07) is 7.04. The molecule has 2 saturated heterocycles. The van der Waals surface area contributed by atoms with Gasteiger partial charge in [-0.25, -0.2) is 4.39 Å². The molecule has 6 heteroatoms. The average molecular weight is 392 g/mol. The maximum atomic E-state index is 13.8. The molecule has 3 rings (SSSR count). The van der Waals surface area contributed by atoms with Crippen LogP contribution in [0.5, 0.6) is 0 Å². The van der Waals surface area contributed by atoms with E-state index >= 15 is 0 Å². The summed E-state index contributed by atoms with van der Waals surface area (Å²) in [5.41, 5.74) is 0.792. The van der Waals surface area contributed by atoms with Crippen LogP contribution >= 0.6 is 0 Å². The molecule has 0 bridgehead atoms. The molecule has 2 aliphatic rings. The molecule has 0 radical (unpaired) electrons. The van der Waals surface area contributed by atoms with Crippen molar-refractivity contribution in [2.45, 2.75) is 25.7 Å². The molecule has 28 heavy (non-hydrogen) atoms. The topological polar surface area (TPSA) is 36.0 Å². The van der Waals surface area contributed by atoms with E-state index in [0.717, 1.165) is 83.9 Å². The highest BCUT2D eigenvalue weighted by molar-refractivity contribution is 5.76. The van der Waals surface area contributed by atoms with E-state index in [1.807, 2.05) is 24.1 Å². The van der Waals surface area contributed by atoms with Crippen LogP contribution in [0.4, 0.5) is 4.39 Å². The van der Waals surface area contributed by atoms with Gasteiger partial charge in [-0.05, 0) is 43.4 Å². The third-order valence-corrected chi connectivity index (χ3v) is 5.96. The summed E-state index contributed by atoms with van der Waals surface area (Å²) in [4.78, 5) is 19.1. The average Bonchev–Trinajstić information content (AvgIpc) is 2.72. The van der Waals surface area contributed by atoms with Crippen LogP contribution in [0.3, 0.4) is 0 Å². The number of piperidine rings is 1. The van der Waals surface area contributed by atoms with Gasteiger partial charge in [-0.15, -0.1) is 0 Å². The van der Waals surface area contributed by atoms with E-state index in [1.54, 1.807) is 6.07 Å². The second-order valence-electron chi connectivity index (χ2n) is 8.13. The van der Waals surface area contributed by atoms with Crippen molar-refractivity contribution < 1.29 is 13.9 Å². The Labute approximate surface area is 168 Å². The molecule has 2 fully saturated rings. The number of hydrogen-bond acceptors (Lipinski definition) is 4. The van der Waals surface area contributed by atoms with E-state index in [1.165, 1.54) is 6.07 Å². The summed E-state index contributed by atoms with van der Waals surface area (Å²) in [5, 5.41) is 0. The Morgan fingerprint density at radius 2 is 1.96 bits per heavy atom. The molecule has 0 N–H and O–H groups in total. The Morgan fingerprint density at radius 3 is 2.75 bits per heavy atom. The molecule has 2 aliphatic heterocycles. The van der Waals surface area contributed by atoms with Crippen LogP contribution in [0.1, 0.15) is 24.8 Å². The van der Waals surface area contributed by atoms with Crippen LogP contribution in [-0.2, 0) is 16.0 Å². The second kappa shape index (κ2) is 10.9. The summed E-state index contributed by atoms with van der Waals surface area (Å²) < 4.78 is 19.2. The van der Waals surface area contributed by atoms with Crippen molar-refractivity contribution in [3.8, 4) is 0 Å². The van der Waals surface area contributed by atoms with E-state index in [0.29, 0.717) is 12.3 Å².